The second-order valence-electron chi connectivity index (χ2n) is 5.71. The minimum Gasteiger partial charge on any atom is -0.394 e. The first-order chi connectivity index (χ1) is 11.3. The standard InChI is InChI=1S/C12H23NO11/c13-21-3-12(10(20)7(17)5(2-15)23-12)24-11-9(19)8(18)6(16)4(1-14)22-11/h4-11,14-20H,1-3,13H2/t4-,5-,6-,7-,8+,9-,10+,11-,12+/m1/s1. The monoisotopic (exact) mass is 357 g/mol. The van der Waals surface area contributed by atoms with Crippen LogP contribution in [-0.4, -0.2) is 110 Å². The van der Waals surface area contributed by atoms with Crippen molar-refractivity contribution in [1.29, 1.82) is 0 Å². The zero-order valence-electron chi connectivity index (χ0n) is 12.6. The molecular formula is C12H23NO11. The molecule has 2 rings (SSSR count). The van der Waals surface area contributed by atoms with Gasteiger partial charge in [-0.1, -0.05) is 0 Å². The van der Waals surface area contributed by atoms with Crippen LogP contribution in [0.1, 0.15) is 0 Å². The summed E-state index contributed by atoms with van der Waals surface area (Å²) in [6, 6.07) is 0. The second-order valence-corrected chi connectivity index (χ2v) is 5.71. The molecule has 0 aliphatic carbocycles. The van der Waals surface area contributed by atoms with Crippen LogP contribution in [0.5, 0.6) is 0 Å². The summed E-state index contributed by atoms with van der Waals surface area (Å²) in [6.07, 6.45) is -12.5. The van der Waals surface area contributed by atoms with E-state index < -0.39 is 74.6 Å². The highest BCUT2D eigenvalue weighted by molar-refractivity contribution is 4.98. The van der Waals surface area contributed by atoms with Crippen molar-refractivity contribution in [1.82, 2.24) is 0 Å². The van der Waals surface area contributed by atoms with Crippen LogP contribution in [-0.2, 0) is 19.0 Å². The van der Waals surface area contributed by atoms with Crippen LogP contribution in [0, 0.1) is 0 Å². The van der Waals surface area contributed by atoms with E-state index in [0.717, 1.165) is 0 Å². The van der Waals surface area contributed by atoms with Crippen molar-refractivity contribution < 1.29 is 54.8 Å². The highest BCUT2D eigenvalue weighted by atomic mass is 16.8. The molecule has 2 saturated heterocycles. The molecule has 0 aromatic carbocycles. The van der Waals surface area contributed by atoms with Crippen molar-refractivity contribution in [3.8, 4) is 0 Å². The van der Waals surface area contributed by atoms with Gasteiger partial charge in [0.2, 0.25) is 5.79 Å². The summed E-state index contributed by atoms with van der Waals surface area (Å²) >= 11 is 0. The molecule has 0 unspecified atom stereocenters. The van der Waals surface area contributed by atoms with E-state index in [2.05, 4.69) is 4.84 Å². The third-order valence-electron chi connectivity index (χ3n) is 4.13. The Morgan fingerprint density at radius 1 is 0.875 bits per heavy atom. The molecule has 24 heavy (non-hydrogen) atoms. The van der Waals surface area contributed by atoms with Gasteiger partial charge < -0.3 is 50.0 Å². The summed E-state index contributed by atoms with van der Waals surface area (Å²) in [4.78, 5) is 4.42. The third-order valence-corrected chi connectivity index (χ3v) is 4.13. The van der Waals surface area contributed by atoms with Gasteiger partial charge in [0.15, 0.2) is 6.29 Å². The Morgan fingerprint density at radius 3 is 2.00 bits per heavy atom. The molecule has 0 saturated carbocycles. The SMILES string of the molecule is NOC[C@@]1(O[C@H]2O[C@H](CO)[C@@H](O)[C@H](O)[C@H]2O)O[C@H](CO)[C@@H](O)[C@@H]1O. The third kappa shape index (κ3) is 3.41. The molecule has 9 N–H and O–H groups in total. The molecule has 142 valence electrons. The van der Waals surface area contributed by atoms with Crippen molar-refractivity contribution in [2.45, 2.75) is 54.8 Å². The molecule has 2 fully saturated rings. The summed E-state index contributed by atoms with van der Waals surface area (Å²) in [5, 5.41) is 67.8. The zero-order chi connectivity index (χ0) is 18.1. The van der Waals surface area contributed by atoms with Gasteiger partial charge in [-0.25, -0.2) is 5.90 Å². The van der Waals surface area contributed by atoms with Crippen LogP contribution in [0.25, 0.3) is 0 Å². The topological polar surface area (TPSA) is 205 Å². The molecule has 0 bridgehead atoms. The fraction of sp³-hybridized carbons (Fsp3) is 1.00. The van der Waals surface area contributed by atoms with Gasteiger partial charge in [-0.3, -0.25) is 4.84 Å². The van der Waals surface area contributed by atoms with E-state index >= 15 is 0 Å². The summed E-state index contributed by atoms with van der Waals surface area (Å²) in [7, 11) is 0. The average molecular weight is 357 g/mol. The first-order valence-corrected chi connectivity index (χ1v) is 7.26. The van der Waals surface area contributed by atoms with Crippen molar-refractivity contribution in [3.05, 3.63) is 0 Å². The Balaban J connectivity index is 2.21. The van der Waals surface area contributed by atoms with Crippen molar-refractivity contribution in [2.75, 3.05) is 19.8 Å². The first-order valence-electron chi connectivity index (χ1n) is 7.26. The Labute approximate surface area is 136 Å². The number of rotatable bonds is 6. The number of hydrogen-bond acceptors (Lipinski definition) is 12. The fourth-order valence-corrected chi connectivity index (χ4v) is 2.73. The summed E-state index contributed by atoms with van der Waals surface area (Å²) in [6.45, 7) is -1.95. The lowest BCUT2D eigenvalue weighted by molar-refractivity contribution is -0.385. The zero-order valence-corrected chi connectivity index (χ0v) is 12.6. The molecule has 12 heteroatoms. The minimum atomic E-state index is -2.12. The van der Waals surface area contributed by atoms with Gasteiger partial charge in [0.25, 0.3) is 0 Å². The molecule has 12 nitrogen and oxygen atoms in total. The molecule has 2 aliphatic heterocycles. The van der Waals surface area contributed by atoms with Crippen LogP contribution in [0.4, 0.5) is 0 Å². The normalized spacial score (nSPS) is 49.5. The number of ether oxygens (including phenoxy) is 3. The second kappa shape index (κ2) is 7.82. The highest BCUT2D eigenvalue weighted by Gasteiger charge is 2.58. The molecule has 0 amide bonds. The summed E-state index contributed by atoms with van der Waals surface area (Å²) < 4.78 is 15.8. The van der Waals surface area contributed by atoms with Gasteiger partial charge >= 0.3 is 0 Å². The first kappa shape index (κ1) is 19.8. The minimum absolute atomic E-state index is 0.614. The lowest BCUT2D eigenvalue weighted by atomic mass is 9.99. The maximum absolute atomic E-state index is 10.2. The van der Waals surface area contributed by atoms with E-state index in [1.807, 2.05) is 0 Å². The average Bonchev–Trinajstić information content (AvgIpc) is 2.80. The molecular weight excluding hydrogens is 334 g/mol. The van der Waals surface area contributed by atoms with E-state index in [1.165, 1.54) is 0 Å². The molecule has 0 aromatic rings. The van der Waals surface area contributed by atoms with Gasteiger partial charge in [0, 0.05) is 0 Å². The number of aliphatic hydroxyl groups excluding tert-OH is 7. The number of nitrogens with two attached hydrogens (primary N) is 1. The van der Waals surface area contributed by atoms with Gasteiger partial charge in [0.05, 0.1) is 13.2 Å². The van der Waals surface area contributed by atoms with E-state index in [-0.39, 0.29) is 0 Å². The van der Waals surface area contributed by atoms with Gasteiger partial charge in [0.1, 0.15) is 49.3 Å². The lowest BCUT2D eigenvalue weighted by Crippen LogP contribution is -2.63. The smallest absolute Gasteiger partial charge is 0.226 e. The van der Waals surface area contributed by atoms with Crippen LogP contribution < -0.4 is 5.90 Å². The number of aliphatic hydroxyl groups is 7. The van der Waals surface area contributed by atoms with Crippen LogP contribution >= 0.6 is 0 Å². The van der Waals surface area contributed by atoms with E-state index in [1.54, 1.807) is 0 Å². The predicted octanol–water partition coefficient (Wildman–Crippen LogP) is -5.50. The highest BCUT2D eigenvalue weighted by Crippen LogP contribution is 2.36. The largest absolute Gasteiger partial charge is 0.394 e. The van der Waals surface area contributed by atoms with Crippen molar-refractivity contribution >= 4 is 0 Å². The van der Waals surface area contributed by atoms with Gasteiger partial charge in [-0.15, -0.1) is 0 Å². The Hall–Kier alpha value is -0.480. The van der Waals surface area contributed by atoms with Gasteiger partial charge in [-0.2, -0.15) is 0 Å². The summed E-state index contributed by atoms with van der Waals surface area (Å²) in [5.41, 5.74) is 0. The maximum atomic E-state index is 10.2. The van der Waals surface area contributed by atoms with Crippen LogP contribution in [0.3, 0.4) is 0 Å². The predicted molar refractivity (Wildman–Crippen MR) is 71.7 cm³/mol. The quantitative estimate of drug-likeness (QED) is 0.210. The Kier molecular flexibility index (Phi) is 6.46. The number of hydrogen-bond donors (Lipinski definition) is 8. The van der Waals surface area contributed by atoms with E-state index in [9.17, 15) is 25.5 Å². The Morgan fingerprint density at radius 2 is 1.50 bits per heavy atom. The van der Waals surface area contributed by atoms with Gasteiger partial charge in [-0.05, 0) is 0 Å². The Bertz CT molecular complexity index is 412. The molecule has 9 atom stereocenters. The fourth-order valence-electron chi connectivity index (χ4n) is 2.73. The molecule has 0 aromatic heterocycles. The van der Waals surface area contributed by atoms with E-state index in [4.69, 9.17) is 30.3 Å². The van der Waals surface area contributed by atoms with Crippen molar-refractivity contribution in [2.24, 2.45) is 5.90 Å². The maximum Gasteiger partial charge on any atom is 0.226 e. The van der Waals surface area contributed by atoms with Crippen LogP contribution in [0.15, 0.2) is 0 Å². The molecule has 2 aliphatic rings. The summed E-state index contributed by atoms with van der Waals surface area (Å²) in [5.74, 6) is 2.87. The van der Waals surface area contributed by atoms with Crippen LogP contribution in [0.2, 0.25) is 0 Å². The molecule has 2 heterocycles. The molecule has 0 radical (unpaired) electrons. The lowest BCUT2D eigenvalue weighted by Gasteiger charge is -2.43. The van der Waals surface area contributed by atoms with E-state index in [0.29, 0.717) is 0 Å². The van der Waals surface area contributed by atoms with Crippen molar-refractivity contribution in [3.63, 3.8) is 0 Å². The molecule has 0 spiro atoms.